The van der Waals surface area contributed by atoms with Gasteiger partial charge < -0.3 is 9.30 Å². The Labute approximate surface area is 137 Å². The monoisotopic (exact) mass is 393 g/mol. The molecule has 1 aromatic carbocycles. The van der Waals surface area contributed by atoms with Gasteiger partial charge in [0.05, 0.1) is 24.2 Å². The van der Waals surface area contributed by atoms with Gasteiger partial charge in [-0.25, -0.2) is 4.98 Å². The normalized spacial score (nSPS) is 11.3. The second-order valence-corrected chi connectivity index (χ2v) is 6.39. The van der Waals surface area contributed by atoms with E-state index in [0.29, 0.717) is 5.88 Å². The average molecular weight is 393 g/mol. The molecule has 3 aromatic rings. The van der Waals surface area contributed by atoms with Crippen molar-refractivity contribution in [3.05, 3.63) is 40.4 Å². The number of fused-ring (bicyclic) bond motifs is 1. The van der Waals surface area contributed by atoms with E-state index >= 15 is 0 Å². The standard InChI is InChI=1S/C16H16IN3O/c1-10(2)21-16-8-18-7-14(19-16)11-4-5-15-12(6-11)13(17)9-20(15)3/h4-10H,1-3H3. The minimum atomic E-state index is 0.0899. The number of ether oxygens (including phenoxy) is 1. The molecule has 3 rings (SSSR count). The molecule has 0 saturated heterocycles. The molecule has 0 saturated carbocycles. The van der Waals surface area contributed by atoms with Gasteiger partial charge in [-0.2, -0.15) is 0 Å². The number of halogens is 1. The van der Waals surface area contributed by atoms with E-state index < -0.39 is 0 Å². The summed E-state index contributed by atoms with van der Waals surface area (Å²) in [5.74, 6) is 0.561. The molecule has 0 amide bonds. The molecule has 0 aliphatic carbocycles. The molecule has 0 aliphatic rings. The molecule has 0 aliphatic heterocycles. The number of nitrogens with zero attached hydrogens (tertiary/aromatic N) is 3. The first-order valence-corrected chi connectivity index (χ1v) is 7.86. The van der Waals surface area contributed by atoms with Crippen LogP contribution in [0.4, 0.5) is 0 Å². The van der Waals surface area contributed by atoms with Gasteiger partial charge in [-0.1, -0.05) is 6.07 Å². The summed E-state index contributed by atoms with van der Waals surface area (Å²) in [5.41, 5.74) is 3.09. The van der Waals surface area contributed by atoms with E-state index in [1.165, 1.54) is 14.5 Å². The minimum Gasteiger partial charge on any atom is -0.474 e. The molecule has 108 valence electrons. The maximum absolute atomic E-state index is 5.61. The van der Waals surface area contributed by atoms with Crippen molar-refractivity contribution in [2.24, 2.45) is 7.05 Å². The Balaban J connectivity index is 2.05. The van der Waals surface area contributed by atoms with Crippen LogP contribution in [0, 0.1) is 3.57 Å². The first-order valence-electron chi connectivity index (χ1n) is 6.78. The Morgan fingerprint density at radius 3 is 2.81 bits per heavy atom. The van der Waals surface area contributed by atoms with E-state index in [2.05, 4.69) is 68.6 Å². The van der Waals surface area contributed by atoms with Gasteiger partial charge in [0.1, 0.15) is 0 Å². The van der Waals surface area contributed by atoms with E-state index in [1.54, 1.807) is 12.4 Å². The van der Waals surface area contributed by atoms with Crippen LogP contribution >= 0.6 is 22.6 Å². The van der Waals surface area contributed by atoms with E-state index in [9.17, 15) is 0 Å². The van der Waals surface area contributed by atoms with Crippen molar-refractivity contribution in [1.29, 1.82) is 0 Å². The molecular formula is C16H16IN3O. The minimum absolute atomic E-state index is 0.0899. The lowest BCUT2D eigenvalue weighted by Gasteiger charge is -2.09. The van der Waals surface area contributed by atoms with Crippen LogP contribution in [0.1, 0.15) is 13.8 Å². The predicted molar refractivity (Wildman–Crippen MR) is 92.4 cm³/mol. The third-order valence-corrected chi connectivity index (χ3v) is 4.07. The number of hydrogen-bond acceptors (Lipinski definition) is 3. The molecule has 5 heteroatoms. The quantitative estimate of drug-likeness (QED) is 0.631. The van der Waals surface area contributed by atoms with Crippen molar-refractivity contribution in [3.8, 4) is 17.1 Å². The topological polar surface area (TPSA) is 39.9 Å². The lowest BCUT2D eigenvalue weighted by atomic mass is 10.1. The zero-order valence-corrected chi connectivity index (χ0v) is 14.3. The summed E-state index contributed by atoms with van der Waals surface area (Å²) in [6.07, 6.45) is 5.63. The van der Waals surface area contributed by atoms with Gasteiger partial charge in [0.15, 0.2) is 0 Å². The smallest absolute Gasteiger partial charge is 0.233 e. The second-order valence-electron chi connectivity index (χ2n) is 5.23. The average Bonchev–Trinajstić information content (AvgIpc) is 2.73. The molecule has 21 heavy (non-hydrogen) atoms. The fourth-order valence-corrected chi connectivity index (χ4v) is 3.14. The molecule has 2 aromatic heterocycles. The predicted octanol–water partition coefficient (Wildman–Crippen LogP) is 4.03. The summed E-state index contributed by atoms with van der Waals surface area (Å²) in [5, 5.41) is 1.23. The van der Waals surface area contributed by atoms with E-state index in [0.717, 1.165) is 11.3 Å². The molecule has 0 spiro atoms. The van der Waals surface area contributed by atoms with Crippen molar-refractivity contribution in [2.75, 3.05) is 0 Å². The SMILES string of the molecule is CC(C)Oc1cncc(-c2ccc3c(c2)c(I)cn3C)n1. The zero-order chi connectivity index (χ0) is 15.0. The fourth-order valence-electron chi connectivity index (χ4n) is 2.29. The second kappa shape index (κ2) is 5.63. The third kappa shape index (κ3) is 2.88. The van der Waals surface area contributed by atoms with Crippen molar-refractivity contribution < 1.29 is 4.74 Å². The Bertz CT molecular complexity index is 795. The van der Waals surface area contributed by atoms with Gasteiger partial charge in [0, 0.05) is 33.3 Å². The molecule has 0 unspecified atom stereocenters. The molecular weight excluding hydrogens is 377 g/mol. The molecule has 0 N–H and O–H groups in total. The highest BCUT2D eigenvalue weighted by Gasteiger charge is 2.09. The zero-order valence-electron chi connectivity index (χ0n) is 12.2. The van der Waals surface area contributed by atoms with Crippen LogP contribution in [0.3, 0.4) is 0 Å². The first-order chi connectivity index (χ1) is 10.0. The Kier molecular flexibility index (Phi) is 3.84. The maximum atomic E-state index is 5.61. The van der Waals surface area contributed by atoms with E-state index in [-0.39, 0.29) is 6.10 Å². The highest BCUT2D eigenvalue weighted by molar-refractivity contribution is 14.1. The van der Waals surface area contributed by atoms with E-state index in [4.69, 9.17) is 4.74 Å². The number of rotatable bonds is 3. The Morgan fingerprint density at radius 2 is 2.05 bits per heavy atom. The largest absolute Gasteiger partial charge is 0.474 e. The van der Waals surface area contributed by atoms with Crippen LogP contribution < -0.4 is 4.74 Å². The number of hydrogen-bond donors (Lipinski definition) is 0. The van der Waals surface area contributed by atoms with Crippen molar-refractivity contribution in [2.45, 2.75) is 20.0 Å². The summed E-state index contributed by atoms with van der Waals surface area (Å²) in [7, 11) is 2.06. The molecule has 2 heterocycles. The summed E-state index contributed by atoms with van der Waals surface area (Å²) in [4.78, 5) is 8.76. The molecule has 4 nitrogen and oxygen atoms in total. The number of aromatic nitrogens is 3. The number of benzene rings is 1. The fraction of sp³-hybridized carbons (Fsp3) is 0.250. The van der Waals surface area contributed by atoms with Gasteiger partial charge >= 0.3 is 0 Å². The summed E-state index contributed by atoms with van der Waals surface area (Å²) >= 11 is 2.36. The molecule has 0 fully saturated rings. The maximum Gasteiger partial charge on any atom is 0.233 e. The van der Waals surface area contributed by atoms with Crippen LogP contribution in [-0.4, -0.2) is 20.6 Å². The van der Waals surface area contributed by atoms with Crippen LogP contribution in [-0.2, 0) is 7.05 Å². The van der Waals surface area contributed by atoms with Gasteiger partial charge in [-0.15, -0.1) is 0 Å². The lowest BCUT2D eigenvalue weighted by Crippen LogP contribution is -2.07. The van der Waals surface area contributed by atoms with Crippen LogP contribution in [0.25, 0.3) is 22.2 Å². The summed E-state index contributed by atoms with van der Waals surface area (Å²) in [6.45, 7) is 3.96. The van der Waals surface area contributed by atoms with Gasteiger partial charge in [-0.05, 0) is 48.6 Å². The Morgan fingerprint density at radius 1 is 1.24 bits per heavy atom. The van der Waals surface area contributed by atoms with Crippen LogP contribution in [0.5, 0.6) is 5.88 Å². The highest BCUT2D eigenvalue weighted by Crippen LogP contribution is 2.28. The molecule has 0 atom stereocenters. The first kappa shape index (κ1) is 14.3. The molecule has 0 bridgehead atoms. The van der Waals surface area contributed by atoms with Crippen LogP contribution in [0.15, 0.2) is 36.8 Å². The lowest BCUT2D eigenvalue weighted by molar-refractivity contribution is 0.232. The van der Waals surface area contributed by atoms with Gasteiger partial charge in [0.2, 0.25) is 5.88 Å². The van der Waals surface area contributed by atoms with Gasteiger partial charge in [-0.3, -0.25) is 4.98 Å². The number of aryl methyl sites for hydroxylation is 1. The van der Waals surface area contributed by atoms with Crippen LogP contribution in [0.2, 0.25) is 0 Å². The van der Waals surface area contributed by atoms with Crippen molar-refractivity contribution in [1.82, 2.24) is 14.5 Å². The third-order valence-electron chi connectivity index (χ3n) is 3.21. The summed E-state index contributed by atoms with van der Waals surface area (Å²) < 4.78 is 8.97. The highest BCUT2D eigenvalue weighted by atomic mass is 127. The molecule has 0 radical (unpaired) electrons. The van der Waals surface area contributed by atoms with Crippen molar-refractivity contribution >= 4 is 33.5 Å². The van der Waals surface area contributed by atoms with Crippen molar-refractivity contribution in [3.63, 3.8) is 0 Å². The van der Waals surface area contributed by atoms with Gasteiger partial charge in [0.25, 0.3) is 0 Å². The summed E-state index contributed by atoms with van der Waals surface area (Å²) in [6, 6.07) is 6.34. The van der Waals surface area contributed by atoms with E-state index in [1.807, 2.05) is 13.8 Å². The Hall–Kier alpha value is -1.63.